The van der Waals surface area contributed by atoms with E-state index in [1.165, 1.54) is 32.2 Å². The Labute approximate surface area is 250 Å². The van der Waals surface area contributed by atoms with Gasteiger partial charge in [-0.05, 0) is 48.2 Å². The molecule has 38 heavy (non-hydrogen) atoms. The summed E-state index contributed by atoms with van der Waals surface area (Å²) in [4.78, 5) is 12.6. The largest absolute Gasteiger partial charge is 1.00 e. The molecule has 4 aromatic rings. The summed E-state index contributed by atoms with van der Waals surface area (Å²) in [5.74, 6) is -1.23. The minimum Gasteiger partial charge on any atom is -0.870 e. The Kier molecular flexibility index (Phi) is 9.43. The molecule has 0 spiro atoms. The average molecular weight is 582 g/mol. The molecule has 4 aromatic carbocycles. The van der Waals surface area contributed by atoms with Gasteiger partial charge in [0.1, 0.15) is 22.0 Å². The Morgan fingerprint density at radius 3 is 2.42 bits per heavy atom. The van der Waals surface area contributed by atoms with E-state index in [1.54, 1.807) is 42.5 Å². The predicted molar refractivity (Wildman–Crippen MR) is 140 cm³/mol. The maximum absolute atomic E-state index is 13.4. The van der Waals surface area contributed by atoms with Crippen molar-refractivity contribution in [3.8, 4) is 11.5 Å². The molecule has 0 atom stereocenters. The summed E-state index contributed by atoms with van der Waals surface area (Å²) in [6.45, 7) is 1.40. The number of methoxy groups -OCH3 is 1. The zero-order valence-corrected chi connectivity index (χ0v) is 24.6. The Morgan fingerprint density at radius 1 is 1.03 bits per heavy atom. The molecular weight excluding hydrogens is 564 g/mol. The number of nitrogens with one attached hydrogen (secondary N) is 1. The number of fused-ring (bicyclic) bond motifs is 1. The first-order chi connectivity index (χ1) is 17.5. The van der Waals surface area contributed by atoms with Crippen LogP contribution < -0.4 is 44.7 Å². The van der Waals surface area contributed by atoms with Crippen molar-refractivity contribution in [1.82, 2.24) is 0 Å². The molecule has 9 nitrogen and oxygen atoms in total. The fraction of sp³-hybridized carbons (Fsp3) is 0.0800. The van der Waals surface area contributed by atoms with Crippen LogP contribution in [-0.4, -0.2) is 26.0 Å². The summed E-state index contributed by atoms with van der Waals surface area (Å²) in [5, 5.41) is 25.1. The van der Waals surface area contributed by atoms with Crippen molar-refractivity contribution in [2.75, 3.05) is 12.4 Å². The summed E-state index contributed by atoms with van der Waals surface area (Å²) in [5.41, 5.74) is -0.444. The third-order valence-corrected chi connectivity index (χ3v) is 7.24. The Morgan fingerprint density at radius 2 is 1.74 bits per heavy atom. The van der Waals surface area contributed by atoms with E-state index >= 15 is 0 Å². The quantitative estimate of drug-likeness (QED) is 0.203. The summed E-state index contributed by atoms with van der Waals surface area (Å²) < 4.78 is 38.9. The number of ether oxygens (including phenoxy) is 1. The van der Waals surface area contributed by atoms with Crippen molar-refractivity contribution in [3.05, 3.63) is 81.8 Å². The van der Waals surface area contributed by atoms with Crippen LogP contribution in [0.25, 0.3) is 10.8 Å². The molecule has 4 rings (SSSR count). The Hall–Kier alpha value is -2.70. The molecule has 2 N–H and O–H groups in total. The van der Waals surface area contributed by atoms with Crippen molar-refractivity contribution in [2.45, 2.75) is 11.8 Å². The van der Waals surface area contributed by atoms with Crippen LogP contribution in [0.15, 0.2) is 75.8 Å². The van der Waals surface area contributed by atoms with Gasteiger partial charge in [0.2, 0.25) is 0 Å². The van der Waals surface area contributed by atoms with E-state index < -0.39 is 26.7 Å². The maximum Gasteiger partial charge on any atom is 1.00 e. The molecule has 0 aromatic heterocycles. The second kappa shape index (κ2) is 12.0. The molecular formula is C25H18Cl2N3NaO6S. The molecule has 0 aliphatic heterocycles. The van der Waals surface area contributed by atoms with Gasteiger partial charge in [0.25, 0.3) is 16.0 Å². The number of rotatable bonds is 6. The van der Waals surface area contributed by atoms with Gasteiger partial charge in [-0.15, -0.1) is 5.11 Å². The van der Waals surface area contributed by atoms with Gasteiger partial charge in [-0.25, -0.2) is 0 Å². The predicted octanol–water partition coefficient (Wildman–Crippen LogP) is 3.46. The number of halogens is 2. The molecule has 0 heterocycles. The summed E-state index contributed by atoms with van der Waals surface area (Å²) >= 11 is 12.2. The molecule has 0 unspecified atom stereocenters. The fourth-order valence-corrected chi connectivity index (χ4v) is 5.01. The Balaban J connectivity index is 0.00000400. The van der Waals surface area contributed by atoms with Crippen molar-refractivity contribution >= 4 is 67.1 Å². The van der Waals surface area contributed by atoms with Crippen LogP contribution in [0.3, 0.4) is 0 Å². The van der Waals surface area contributed by atoms with E-state index in [1.807, 2.05) is 0 Å². The average Bonchev–Trinajstić information content (AvgIpc) is 2.85. The minimum atomic E-state index is -4.72. The van der Waals surface area contributed by atoms with E-state index in [2.05, 4.69) is 15.5 Å². The van der Waals surface area contributed by atoms with Gasteiger partial charge >= 0.3 is 29.6 Å². The molecule has 0 radical (unpaired) electrons. The van der Waals surface area contributed by atoms with Crippen LogP contribution in [0.2, 0.25) is 10.0 Å². The number of hydrogen-bond acceptors (Lipinski definition) is 7. The van der Waals surface area contributed by atoms with E-state index in [9.17, 15) is 22.9 Å². The van der Waals surface area contributed by atoms with Crippen LogP contribution in [0.4, 0.5) is 17.1 Å². The number of nitrogens with zero attached hydrogens (tertiary/aromatic N) is 2. The third kappa shape index (κ3) is 5.97. The van der Waals surface area contributed by atoms with E-state index in [0.717, 1.165) is 0 Å². The van der Waals surface area contributed by atoms with E-state index in [4.69, 9.17) is 27.9 Å². The van der Waals surface area contributed by atoms with Crippen LogP contribution in [0.1, 0.15) is 15.9 Å². The normalized spacial score (nSPS) is 11.4. The SMILES string of the molecule is COc1cccc(Cl)c1NC(=O)c1cc2ccccc2c(N=Nc2ccc(Cl)c(C)c2S(=O)(=O)O)c1[O-].[Na+]. The first-order valence-corrected chi connectivity index (χ1v) is 12.8. The van der Waals surface area contributed by atoms with Gasteiger partial charge in [0, 0.05) is 16.0 Å². The number of carbonyl (C=O) groups is 1. The number of anilines is 1. The number of azo groups is 1. The van der Waals surface area contributed by atoms with Crippen molar-refractivity contribution in [1.29, 1.82) is 0 Å². The van der Waals surface area contributed by atoms with Crippen LogP contribution >= 0.6 is 23.2 Å². The second-order valence-electron chi connectivity index (χ2n) is 7.79. The first kappa shape index (κ1) is 29.9. The van der Waals surface area contributed by atoms with E-state index in [-0.39, 0.29) is 67.8 Å². The first-order valence-electron chi connectivity index (χ1n) is 10.6. The molecule has 0 aliphatic rings. The molecule has 0 saturated carbocycles. The number of benzene rings is 4. The van der Waals surface area contributed by atoms with Gasteiger partial charge < -0.3 is 15.2 Å². The van der Waals surface area contributed by atoms with Gasteiger partial charge in [0.15, 0.2) is 0 Å². The summed E-state index contributed by atoms with van der Waals surface area (Å²) in [6, 6.07) is 15.5. The zero-order chi connectivity index (χ0) is 26.9. The molecule has 1 amide bonds. The molecule has 190 valence electrons. The second-order valence-corrected chi connectivity index (χ2v) is 9.96. The van der Waals surface area contributed by atoms with Crippen LogP contribution in [0, 0.1) is 6.92 Å². The van der Waals surface area contributed by atoms with Gasteiger partial charge in [-0.1, -0.05) is 59.3 Å². The van der Waals surface area contributed by atoms with Gasteiger partial charge in [0.05, 0.1) is 17.8 Å². The van der Waals surface area contributed by atoms with Crippen molar-refractivity contribution < 1.29 is 57.2 Å². The van der Waals surface area contributed by atoms with Crippen molar-refractivity contribution in [2.24, 2.45) is 10.2 Å². The monoisotopic (exact) mass is 581 g/mol. The van der Waals surface area contributed by atoms with Gasteiger partial charge in [-0.2, -0.15) is 13.5 Å². The molecule has 13 heteroatoms. The number of hydrogen-bond donors (Lipinski definition) is 2. The fourth-order valence-electron chi connectivity index (χ4n) is 3.72. The number of carbonyl (C=O) groups excluding carboxylic acids is 1. The standard InChI is InChI=1S/C25H19Cl2N3O6S.Na/c1-13-17(26)10-11-19(24(13)37(33,34)35)29-30-21-15-7-4-3-6-14(15)12-16(23(21)31)25(32)28-22-18(27)8-5-9-20(22)36-2;/h3-12,31H,1-2H3,(H,28,32)(H,33,34,35);/q;+1/p-1. The Bertz CT molecular complexity index is 1700. The summed E-state index contributed by atoms with van der Waals surface area (Å²) in [7, 11) is -3.30. The number of amides is 1. The smallest absolute Gasteiger partial charge is 0.870 e. The molecule has 0 bridgehead atoms. The van der Waals surface area contributed by atoms with E-state index in [0.29, 0.717) is 16.5 Å². The summed E-state index contributed by atoms with van der Waals surface area (Å²) in [6.07, 6.45) is 0. The third-order valence-electron chi connectivity index (χ3n) is 5.49. The molecule has 0 aliphatic carbocycles. The number of para-hydroxylation sites is 1. The van der Waals surface area contributed by atoms with Crippen molar-refractivity contribution in [3.63, 3.8) is 0 Å². The van der Waals surface area contributed by atoms with Crippen LogP contribution in [-0.2, 0) is 10.1 Å². The van der Waals surface area contributed by atoms with Crippen LogP contribution in [0.5, 0.6) is 11.5 Å². The molecule has 0 fully saturated rings. The minimum absolute atomic E-state index is 0. The topological polar surface area (TPSA) is 140 Å². The zero-order valence-electron chi connectivity index (χ0n) is 20.3. The van der Waals surface area contributed by atoms with Gasteiger partial charge in [-0.3, -0.25) is 9.35 Å². The molecule has 0 saturated heterocycles. The maximum atomic E-state index is 13.4.